The van der Waals surface area contributed by atoms with Crippen LogP contribution < -0.4 is 5.32 Å². The van der Waals surface area contributed by atoms with E-state index in [1.54, 1.807) is 6.07 Å². The normalized spacial score (nSPS) is 13.0. The molecule has 102 valence electrons. The van der Waals surface area contributed by atoms with E-state index in [1.165, 1.54) is 0 Å². The van der Waals surface area contributed by atoms with E-state index in [1.807, 2.05) is 12.1 Å². The number of rotatable bonds is 7. The van der Waals surface area contributed by atoms with Gasteiger partial charge in [-0.1, -0.05) is 42.8 Å². The zero-order chi connectivity index (χ0) is 13.5. The fourth-order valence-electron chi connectivity index (χ4n) is 1.90. The third-order valence-electron chi connectivity index (χ3n) is 2.95. The van der Waals surface area contributed by atoms with Gasteiger partial charge in [0.2, 0.25) is 0 Å². The van der Waals surface area contributed by atoms with Crippen molar-refractivity contribution >= 4 is 15.9 Å². The maximum Gasteiger partial charge on any atom is 0.127 e. The first-order chi connectivity index (χ1) is 8.49. The van der Waals surface area contributed by atoms with Crippen molar-refractivity contribution in [1.82, 2.24) is 5.32 Å². The van der Waals surface area contributed by atoms with Crippen LogP contribution >= 0.6 is 15.9 Å². The van der Waals surface area contributed by atoms with Crippen LogP contribution in [0.1, 0.15) is 32.8 Å². The second-order valence-electron chi connectivity index (χ2n) is 5.43. The Morgan fingerprint density at radius 1 is 1.28 bits per heavy atom. The van der Waals surface area contributed by atoms with Crippen LogP contribution in [0.5, 0.6) is 0 Å². The SMILES string of the molecule is CC(C)CNCCC(C)Cc1ccc(Br)cc1F. The largest absolute Gasteiger partial charge is 0.316 e. The average molecular weight is 316 g/mol. The molecular formula is C15H23BrFN. The Morgan fingerprint density at radius 2 is 2.00 bits per heavy atom. The van der Waals surface area contributed by atoms with Crippen molar-refractivity contribution < 1.29 is 4.39 Å². The van der Waals surface area contributed by atoms with Crippen LogP contribution in [0.2, 0.25) is 0 Å². The molecule has 0 spiro atoms. The molecule has 1 atom stereocenters. The first kappa shape index (κ1) is 15.6. The lowest BCUT2D eigenvalue weighted by molar-refractivity contribution is 0.467. The molecule has 3 heteroatoms. The summed E-state index contributed by atoms with van der Waals surface area (Å²) < 4.78 is 14.5. The Hall–Kier alpha value is -0.410. The third kappa shape index (κ3) is 5.96. The van der Waals surface area contributed by atoms with Crippen molar-refractivity contribution in [3.05, 3.63) is 34.1 Å². The number of halogens is 2. The predicted octanol–water partition coefficient (Wildman–Crippen LogP) is 4.40. The summed E-state index contributed by atoms with van der Waals surface area (Å²) >= 11 is 3.28. The molecule has 0 aromatic heterocycles. The highest BCUT2D eigenvalue weighted by atomic mass is 79.9. The number of benzene rings is 1. The van der Waals surface area contributed by atoms with E-state index in [-0.39, 0.29) is 5.82 Å². The van der Waals surface area contributed by atoms with Crippen LogP contribution in [-0.2, 0) is 6.42 Å². The molecule has 1 aromatic rings. The fraction of sp³-hybridized carbons (Fsp3) is 0.600. The molecule has 0 bridgehead atoms. The summed E-state index contributed by atoms with van der Waals surface area (Å²) in [7, 11) is 0. The van der Waals surface area contributed by atoms with E-state index in [0.717, 1.165) is 36.0 Å². The highest BCUT2D eigenvalue weighted by Gasteiger charge is 2.08. The molecule has 1 nitrogen and oxygen atoms in total. The highest BCUT2D eigenvalue weighted by molar-refractivity contribution is 9.10. The predicted molar refractivity (Wildman–Crippen MR) is 79.3 cm³/mol. The maximum absolute atomic E-state index is 13.7. The van der Waals surface area contributed by atoms with Gasteiger partial charge >= 0.3 is 0 Å². The molecule has 1 rings (SSSR count). The summed E-state index contributed by atoms with van der Waals surface area (Å²) in [5, 5.41) is 3.42. The van der Waals surface area contributed by atoms with Gasteiger partial charge in [-0.05, 0) is 55.5 Å². The molecule has 0 saturated heterocycles. The quantitative estimate of drug-likeness (QED) is 0.735. The summed E-state index contributed by atoms with van der Waals surface area (Å²) in [4.78, 5) is 0. The van der Waals surface area contributed by atoms with Gasteiger partial charge in [-0.2, -0.15) is 0 Å². The van der Waals surface area contributed by atoms with Gasteiger partial charge in [-0.3, -0.25) is 0 Å². The molecule has 0 amide bonds. The topological polar surface area (TPSA) is 12.0 Å². The molecular weight excluding hydrogens is 293 g/mol. The van der Waals surface area contributed by atoms with Crippen LogP contribution in [0.3, 0.4) is 0 Å². The summed E-state index contributed by atoms with van der Waals surface area (Å²) in [5.41, 5.74) is 0.814. The van der Waals surface area contributed by atoms with Gasteiger partial charge < -0.3 is 5.32 Å². The number of hydrogen-bond donors (Lipinski definition) is 1. The summed E-state index contributed by atoms with van der Waals surface area (Å²) in [5.74, 6) is 1.08. The molecule has 1 aromatic carbocycles. The fourth-order valence-corrected chi connectivity index (χ4v) is 2.24. The Morgan fingerprint density at radius 3 is 2.61 bits per heavy atom. The van der Waals surface area contributed by atoms with Gasteiger partial charge in [-0.25, -0.2) is 4.39 Å². The molecule has 0 saturated carbocycles. The van der Waals surface area contributed by atoms with Crippen LogP contribution in [0, 0.1) is 17.7 Å². The molecule has 0 aliphatic carbocycles. The third-order valence-corrected chi connectivity index (χ3v) is 3.44. The second kappa shape index (κ2) is 7.90. The minimum atomic E-state index is -0.105. The van der Waals surface area contributed by atoms with Crippen molar-refractivity contribution in [2.45, 2.75) is 33.6 Å². The van der Waals surface area contributed by atoms with Gasteiger partial charge in [0.25, 0.3) is 0 Å². The van der Waals surface area contributed by atoms with Crippen molar-refractivity contribution in [2.24, 2.45) is 11.8 Å². The van der Waals surface area contributed by atoms with E-state index < -0.39 is 0 Å². The van der Waals surface area contributed by atoms with Crippen molar-refractivity contribution in [3.8, 4) is 0 Å². The molecule has 1 unspecified atom stereocenters. The smallest absolute Gasteiger partial charge is 0.127 e. The van der Waals surface area contributed by atoms with Gasteiger partial charge in [0.15, 0.2) is 0 Å². The highest BCUT2D eigenvalue weighted by Crippen LogP contribution is 2.19. The van der Waals surface area contributed by atoms with Crippen molar-refractivity contribution in [1.29, 1.82) is 0 Å². The van der Waals surface area contributed by atoms with Crippen molar-refractivity contribution in [3.63, 3.8) is 0 Å². The van der Waals surface area contributed by atoms with Gasteiger partial charge in [0, 0.05) is 4.47 Å². The average Bonchev–Trinajstić information content (AvgIpc) is 2.28. The van der Waals surface area contributed by atoms with Crippen LogP contribution in [0.4, 0.5) is 4.39 Å². The first-order valence-electron chi connectivity index (χ1n) is 6.63. The van der Waals surface area contributed by atoms with E-state index in [2.05, 4.69) is 42.0 Å². The standard InChI is InChI=1S/C15H23BrFN/c1-11(2)10-18-7-6-12(3)8-13-4-5-14(16)9-15(13)17/h4-5,9,11-12,18H,6-8,10H2,1-3H3. The van der Waals surface area contributed by atoms with Crippen LogP contribution in [0.25, 0.3) is 0 Å². The summed E-state index contributed by atoms with van der Waals surface area (Å²) in [6.45, 7) is 8.65. The Labute approximate surface area is 118 Å². The Balaban J connectivity index is 2.33. The maximum atomic E-state index is 13.7. The zero-order valence-corrected chi connectivity index (χ0v) is 13.1. The van der Waals surface area contributed by atoms with Crippen molar-refractivity contribution in [2.75, 3.05) is 13.1 Å². The van der Waals surface area contributed by atoms with Crippen LogP contribution in [0.15, 0.2) is 22.7 Å². The molecule has 0 aliphatic heterocycles. The van der Waals surface area contributed by atoms with Gasteiger partial charge in [0.1, 0.15) is 5.82 Å². The van der Waals surface area contributed by atoms with E-state index in [0.29, 0.717) is 11.8 Å². The van der Waals surface area contributed by atoms with E-state index >= 15 is 0 Å². The molecule has 0 aliphatic rings. The molecule has 1 N–H and O–H groups in total. The van der Waals surface area contributed by atoms with Crippen LogP contribution in [-0.4, -0.2) is 13.1 Å². The van der Waals surface area contributed by atoms with E-state index in [9.17, 15) is 4.39 Å². The lowest BCUT2D eigenvalue weighted by Gasteiger charge is -2.13. The Bertz CT molecular complexity index is 366. The minimum Gasteiger partial charge on any atom is -0.316 e. The van der Waals surface area contributed by atoms with E-state index in [4.69, 9.17) is 0 Å². The first-order valence-corrected chi connectivity index (χ1v) is 7.43. The summed E-state index contributed by atoms with van der Waals surface area (Å²) in [6.07, 6.45) is 1.89. The number of nitrogens with one attached hydrogen (secondary N) is 1. The second-order valence-corrected chi connectivity index (χ2v) is 6.35. The molecule has 0 heterocycles. The monoisotopic (exact) mass is 315 g/mol. The summed E-state index contributed by atoms with van der Waals surface area (Å²) in [6, 6.07) is 5.32. The minimum absolute atomic E-state index is 0.105. The lowest BCUT2D eigenvalue weighted by atomic mass is 9.98. The Kier molecular flexibility index (Phi) is 6.87. The zero-order valence-electron chi connectivity index (χ0n) is 11.5. The van der Waals surface area contributed by atoms with Gasteiger partial charge in [-0.15, -0.1) is 0 Å². The van der Waals surface area contributed by atoms with Gasteiger partial charge in [0.05, 0.1) is 0 Å². The number of hydrogen-bond acceptors (Lipinski definition) is 1. The molecule has 0 radical (unpaired) electrons. The molecule has 18 heavy (non-hydrogen) atoms. The molecule has 0 fully saturated rings. The lowest BCUT2D eigenvalue weighted by Crippen LogP contribution is -2.22.